The number of nitrogens with one attached hydrogen (secondary N) is 1. The fourth-order valence-electron chi connectivity index (χ4n) is 3.53. The van der Waals surface area contributed by atoms with Gasteiger partial charge in [-0.15, -0.1) is 0 Å². The zero-order valence-electron chi connectivity index (χ0n) is 17.4. The third-order valence-electron chi connectivity index (χ3n) is 5.16. The maximum absolute atomic E-state index is 13.1. The lowest BCUT2D eigenvalue weighted by Gasteiger charge is -2.08. The van der Waals surface area contributed by atoms with Crippen molar-refractivity contribution in [3.63, 3.8) is 0 Å². The van der Waals surface area contributed by atoms with E-state index in [0.29, 0.717) is 29.1 Å². The highest BCUT2D eigenvalue weighted by atomic mass is 16.5. The van der Waals surface area contributed by atoms with Crippen molar-refractivity contribution in [1.82, 2.24) is 4.98 Å². The summed E-state index contributed by atoms with van der Waals surface area (Å²) < 4.78 is 7.00. The van der Waals surface area contributed by atoms with Gasteiger partial charge in [-0.1, -0.05) is 30.3 Å². The first-order valence-corrected chi connectivity index (χ1v) is 9.86. The highest BCUT2D eigenvalue weighted by Crippen LogP contribution is 2.22. The molecule has 0 saturated heterocycles. The molecule has 5 heteroatoms. The number of ether oxygens (including phenoxy) is 1. The minimum atomic E-state index is -0.400. The monoisotopic (exact) mass is 391 g/mol. The molecule has 3 aromatic rings. The summed E-state index contributed by atoms with van der Waals surface area (Å²) in [5.74, 6) is -0.467. The maximum Gasteiger partial charge on any atom is 0.340 e. The average molecular weight is 391 g/mol. The van der Waals surface area contributed by atoms with Crippen LogP contribution in [0.1, 0.15) is 63.1 Å². The molecule has 0 saturated carbocycles. The smallest absolute Gasteiger partial charge is 0.340 e. The van der Waals surface area contributed by atoms with Crippen molar-refractivity contribution in [2.24, 2.45) is 0 Å². The van der Waals surface area contributed by atoms with Gasteiger partial charge in [0, 0.05) is 24.8 Å². The van der Waals surface area contributed by atoms with Crippen LogP contribution in [0.25, 0.3) is 0 Å². The molecule has 3 rings (SSSR count). The Hall–Kier alpha value is -3.21. The van der Waals surface area contributed by atoms with E-state index < -0.39 is 12.0 Å². The molecule has 0 aliphatic rings. The summed E-state index contributed by atoms with van der Waals surface area (Å²) in [6, 6.07) is 14.0. The Kier molecular flexibility index (Phi) is 6.27. The number of ketones is 1. The molecule has 0 radical (unpaired) electrons. The first kappa shape index (κ1) is 20.5. The quantitative estimate of drug-likeness (QED) is 0.374. The maximum atomic E-state index is 13.1. The van der Waals surface area contributed by atoms with Crippen LogP contribution in [0.4, 0.5) is 0 Å². The molecule has 0 aliphatic heterocycles. The molecular weight excluding hydrogens is 364 g/mol. The van der Waals surface area contributed by atoms with Crippen molar-refractivity contribution in [2.75, 3.05) is 6.61 Å². The number of hydrogen-bond donors (Lipinski definition) is 1. The predicted molar refractivity (Wildman–Crippen MR) is 111 cm³/mol. The van der Waals surface area contributed by atoms with Gasteiger partial charge in [0.15, 0.2) is 12.4 Å². The SMILES string of the molecule is CCOC(=O)c1c(C)[nH]c(C(=O)[C@H](C)[n+]2ccc(Cc3ccccc3)cc2)c1C. The zero-order valence-corrected chi connectivity index (χ0v) is 17.4. The van der Waals surface area contributed by atoms with E-state index >= 15 is 0 Å². The third-order valence-corrected chi connectivity index (χ3v) is 5.16. The van der Waals surface area contributed by atoms with E-state index in [-0.39, 0.29) is 5.78 Å². The third kappa shape index (κ3) is 4.45. The number of rotatable bonds is 7. The number of hydrogen-bond acceptors (Lipinski definition) is 3. The van der Waals surface area contributed by atoms with Crippen molar-refractivity contribution < 1.29 is 18.9 Å². The van der Waals surface area contributed by atoms with Crippen LogP contribution in [0.5, 0.6) is 0 Å². The molecule has 2 heterocycles. The largest absolute Gasteiger partial charge is 0.462 e. The van der Waals surface area contributed by atoms with E-state index in [1.54, 1.807) is 20.8 Å². The molecule has 0 bridgehead atoms. The van der Waals surface area contributed by atoms with Crippen molar-refractivity contribution in [3.05, 3.63) is 88.5 Å². The number of nitrogens with zero attached hydrogens (tertiary/aromatic N) is 1. The summed E-state index contributed by atoms with van der Waals surface area (Å²) in [5, 5.41) is 0. The topological polar surface area (TPSA) is 63.0 Å². The number of esters is 1. The molecule has 0 fully saturated rings. The number of H-pyrrole nitrogens is 1. The molecule has 0 aliphatic carbocycles. The Bertz CT molecular complexity index is 1000. The first-order valence-electron chi connectivity index (χ1n) is 9.86. The minimum absolute atomic E-state index is 0.0676. The van der Waals surface area contributed by atoms with Gasteiger partial charge in [0.1, 0.15) is 0 Å². The second kappa shape index (κ2) is 8.86. The lowest BCUT2D eigenvalue weighted by Crippen LogP contribution is -2.42. The van der Waals surface area contributed by atoms with Crippen LogP contribution in [0, 0.1) is 13.8 Å². The molecule has 0 amide bonds. The van der Waals surface area contributed by atoms with E-state index in [2.05, 4.69) is 17.1 Å². The highest BCUT2D eigenvalue weighted by molar-refractivity contribution is 6.02. The van der Waals surface area contributed by atoms with Gasteiger partial charge in [-0.3, -0.25) is 4.79 Å². The van der Waals surface area contributed by atoms with Crippen molar-refractivity contribution in [1.29, 1.82) is 0 Å². The van der Waals surface area contributed by atoms with E-state index in [1.165, 1.54) is 11.1 Å². The fourth-order valence-corrected chi connectivity index (χ4v) is 3.53. The number of aromatic amines is 1. The number of carbonyl (C=O) groups is 2. The normalized spacial score (nSPS) is 11.9. The molecule has 0 spiro atoms. The Morgan fingerprint density at radius 3 is 2.28 bits per heavy atom. The van der Waals surface area contributed by atoms with E-state index in [0.717, 1.165) is 6.42 Å². The molecule has 150 valence electrons. The Labute approximate surface area is 171 Å². The Morgan fingerprint density at radius 1 is 1.03 bits per heavy atom. The zero-order chi connectivity index (χ0) is 21.0. The van der Waals surface area contributed by atoms with Gasteiger partial charge in [0.05, 0.1) is 17.9 Å². The second-order valence-electron chi connectivity index (χ2n) is 7.20. The van der Waals surface area contributed by atoms with Crippen LogP contribution in [0.2, 0.25) is 0 Å². The van der Waals surface area contributed by atoms with Gasteiger partial charge >= 0.3 is 5.97 Å². The number of aryl methyl sites for hydroxylation is 1. The summed E-state index contributed by atoms with van der Waals surface area (Å²) in [6.07, 6.45) is 4.71. The van der Waals surface area contributed by atoms with Crippen molar-refractivity contribution in [3.8, 4) is 0 Å². The molecule has 2 aromatic heterocycles. The van der Waals surface area contributed by atoms with Gasteiger partial charge in [-0.2, -0.15) is 4.57 Å². The summed E-state index contributed by atoms with van der Waals surface area (Å²) >= 11 is 0. The Balaban J connectivity index is 1.78. The van der Waals surface area contributed by atoms with Gasteiger partial charge in [-0.25, -0.2) is 4.79 Å². The predicted octanol–water partition coefficient (Wildman–Crippen LogP) is 4.13. The summed E-state index contributed by atoms with van der Waals surface area (Å²) in [5.41, 5.74) is 4.63. The first-order chi connectivity index (χ1) is 13.9. The fraction of sp³-hybridized carbons (Fsp3) is 0.292. The molecular formula is C24H27N2O3+. The summed E-state index contributed by atoms with van der Waals surface area (Å²) in [4.78, 5) is 28.4. The summed E-state index contributed by atoms with van der Waals surface area (Å²) in [7, 11) is 0. The number of Topliss-reactive ketones (excluding diaryl/α,β-unsaturated/α-hetero) is 1. The molecule has 5 nitrogen and oxygen atoms in total. The van der Waals surface area contributed by atoms with Crippen LogP contribution in [0.3, 0.4) is 0 Å². The molecule has 0 unspecified atom stereocenters. The standard InChI is InChI=1S/C24H26N2O3/c1-5-29-24(28)21-16(2)22(25-17(21)3)23(27)18(4)26-13-11-20(12-14-26)15-19-9-7-6-8-10-19/h6-14,18H,5,15H2,1-4H3/p+1/t18-/m0/s1. The van der Waals surface area contributed by atoms with Gasteiger partial charge in [-0.05, 0) is 43.9 Å². The Morgan fingerprint density at radius 2 is 1.66 bits per heavy atom. The lowest BCUT2D eigenvalue weighted by atomic mass is 10.0. The lowest BCUT2D eigenvalue weighted by molar-refractivity contribution is -0.704. The van der Waals surface area contributed by atoms with Crippen molar-refractivity contribution in [2.45, 2.75) is 40.2 Å². The van der Waals surface area contributed by atoms with Crippen LogP contribution in [-0.4, -0.2) is 23.3 Å². The van der Waals surface area contributed by atoms with Crippen molar-refractivity contribution >= 4 is 11.8 Å². The van der Waals surface area contributed by atoms with Gasteiger partial charge in [0.2, 0.25) is 11.8 Å². The van der Waals surface area contributed by atoms with Crippen LogP contribution < -0.4 is 4.57 Å². The number of benzene rings is 1. The number of carbonyl (C=O) groups excluding carboxylic acids is 2. The van der Waals surface area contributed by atoms with Crippen LogP contribution in [-0.2, 0) is 11.2 Å². The molecule has 1 atom stereocenters. The van der Waals surface area contributed by atoms with Gasteiger partial charge < -0.3 is 9.72 Å². The van der Waals surface area contributed by atoms with Crippen LogP contribution in [0.15, 0.2) is 54.9 Å². The van der Waals surface area contributed by atoms with E-state index in [4.69, 9.17) is 4.74 Å². The average Bonchev–Trinajstić information content (AvgIpc) is 3.02. The molecule has 29 heavy (non-hydrogen) atoms. The van der Waals surface area contributed by atoms with Gasteiger partial charge in [0.25, 0.3) is 0 Å². The number of pyridine rings is 1. The summed E-state index contributed by atoms with van der Waals surface area (Å²) in [6.45, 7) is 7.49. The van der Waals surface area contributed by atoms with E-state index in [9.17, 15) is 9.59 Å². The molecule has 1 N–H and O–H groups in total. The second-order valence-corrected chi connectivity index (χ2v) is 7.20. The highest BCUT2D eigenvalue weighted by Gasteiger charge is 2.29. The van der Waals surface area contributed by atoms with Crippen LogP contribution >= 0.6 is 0 Å². The van der Waals surface area contributed by atoms with E-state index in [1.807, 2.05) is 54.2 Å². The minimum Gasteiger partial charge on any atom is -0.462 e. The molecule has 1 aromatic carbocycles. The number of aromatic nitrogens is 2.